The number of piperidine rings is 2. The summed E-state index contributed by atoms with van der Waals surface area (Å²) < 4.78 is 40.1. The van der Waals surface area contributed by atoms with Crippen molar-refractivity contribution in [3.63, 3.8) is 0 Å². The summed E-state index contributed by atoms with van der Waals surface area (Å²) in [6.07, 6.45) is -0.669. The first-order valence-electron chi connectivity index (χ1n) is 12.6. The molecule has 2 N–H and O–H groups in total. The molecule has 2 fully saturated rings. The highest BCUT2D eigenvalue weighted by molar-refractivity contribution is 5.85. The molecule has 2 saturated heterocycles. The molecule has 39 heavy (non-hydrogen) atoms. The number of nitrogens with zero attached hydrogens (tertiary/aromatic N) is 5. The van der Waals surface area contributed by atoms with Gasteiger partial charge >= 0.3 is 0 Å². The number of anilines is 2. The monoisotopic (exact) mass is 557 g/mol. The van der Waals surface area contributed by atoms with Gasteiger partial charge in [0.25, 0.3) is 0 Å². The van der Waals surface area contributed by atoms with Crippen molar-refractivity contribution >= 4 is 24.0 Å². The Morgan fingerprint density at radius 3 is 2.59 bits per heavy atom. The molecule has 4 atom stereocenters. The fourth-order valence-corrected chi connectivity index (χ4v) is 4.54. The molecule has 3 heterocycles. The van der Waals surface area contributed by atoms with Gasteiger partial charge in [-0.3, -0.25) is 0 Å². The summed E-state index contributed by atoms with van der Waals surface area (Å²) in [5.41, 5.74) is 1.60. The summed E-state index contributed by atoms with van der Waals surface area (Å²) in [6, 6.07) is 14.3. The molecule has 0 amide bonds. The Bertz CT molecular complexity index is 1290. The van der Waals surface area contributed by atoms with Crippen LogP contribution in [0.25, 0.3) is 11.4 Å². The van der Waals surface area contributed by atoms with Crippen LogP contribution in [0.4, 0.5) is 20.4 Å². The first-order chi connectivity index (χ1) is 18.5. The number of ether oxygens (including phenoxy) is 2. The van der Waals surface area contributed by atoms with E-state index in [1.807, 2.05) is 11.9 Å². The minimum Gasteiger partial charge on any atom is -0.487 e. The van der Waals surface area contributed by atoms with Gasteiger partial charge in [0.2, 0.25) is 5.95 Å². The molecule has 0 saturated carbocycles. The third kappa shape index (κ3) is 7.09. The van der Waals surface area contributed by atoms with Gasteiger partial charge in [0.05, 0.1) is 5.56 Å². The Balaban J connectivity index is 0.00000353. The zero-order chi connectivity index (χ0) is 26.5. The minimum absolute atomic E-state index is 0. The Morgan fingerprint density at radius 1 is 1.05 bits per heavy atom. The molecular formula is C27H30ClF2N7O2. The standard InChI is InChI=1S/C27H29F2N7O2.ClH/c1-36-11-9-25(22(29)15-36)37-20-5-3-19(4-6-20)34-27-33-16-32-26(35-27)17-2-7-23(18(12-17)13-30)38-24-8-10-31-14-21(24)28;/h2-7,12,16,21-22,24-25,31H,8-11,14-15H2,1H3,(H,32,33,34,35);1H/t21-,22+,24+,25?;/m1./s1. The zero-order valence-corrected chi connectivity index (χ0v) is 22.2. The van der Waals surface area contributed by atoms with Crippen molar-refractivity contribution in [2.75, 3.05) is 38.5 Å². The summed E-state index contributed by atoms with van der Waals surface area (Å²) in [5, 5.41) is 15.8. The Morgan fingerprint density at radius 2 is 1.85 bits per heavy atom. The van der Waals surface area contributed by atoms with Crippen LogP contribution in [0.5, 0.6) is 11.5 Å². The van der Waals surface area contributed by atoms with Crippen molar-refractivity contribution in [1.82, 2.24) is 25.2 Å². The second kappa shape index (κ2) is 13.0. The number of rotatable bonds is 7. The number of alkyl halides is 2. The summed E-state index contributed by atoms with van der Waals surface area (Å²) >= 11 is 0. The molecule has 12 heteroatoms. The molecule has 2 aliphatic rings. The average Bonchev–Trinajstić information content (AvgIpc) is 2.93. The fraction of sp³-hybridized carbons (Fsp3) is 0.407. The van der Waals surface area contributed by atoms with Gasteiger partial charge in [-0.1, -0.05) is 0 Å². The van der Waals surface area contributed by atoms with Gasteiger partial charge in [-0.2, -0.15) is 10.2 Å². The minimum atomic E-state index is -1.14. The van der Waals surface area contributed by atoms with Crippen molar-refractivity contribution in [2.24, 2.45) is 0 Å². The van der Waals surface area contributed by atoms with Crippen LogP contribution in [0.1, 0.15) is 18.4 Å². The van der Waals surface area contributed by atoms with E-state index >= 15 is 0 Å². The molecule has 1 unspecified atom stereocenters. The lowest BCUT2D eigenvalue weighted by atomic mass is 10.1. The van der Waals surface area contributed by atoms with Gasteiger partial charge in [0, 0.05) is 30.9 Å². The second-order valence-corrected chi connectivity index (χ2v) is 9.49. The number of likely N-dealkylation sites (tertiary alicyclic amines) is 1. The van der Waals surface area contributed by atoms with Crippen LogP contribution >= 0.6 is 12.4 Å². The van der Waals surface area contributed by atoms with Crippen LogP contribution in [-0.2, 0) is 0 Å². The van der Waals surface area contributed by atoms with Crippen LogP contribution in [0.2, 0.25) is 0 Å². The SMILES string of the molecule is CN1CCC(Oc2ccc(Nc3ncnc(-c4ccc(O[C@H]5CCNC[C@H]5F)c(C#N)c4)n3)cc2)[C@@H](F)C1.Cl. The molecule has 2 aromatic carbocycles. The number of hydrogen-bond donors (Lipinski definition) is 2. The number of aromatic nitrogens is 3. The average molecular weight is 558 g/mol. The van der Waals surface area contributed by atoms with Crippen LogP contribution in [0.15, 0.2) is 48.8 Å². The maximum atomic E-state index is 14.3. The molecule has 0 radical (unpaired) electrons. The van der Waals surface area contributed by atoms with E-state index in [4.69, 9.17) is 9.47 Å². The molecular weight excluding hydrogens is 528 g/mol. The van der Waals surface area contributed by atoms with E-state index in [0.29, 0.717) is 54.8 Å². The lowest BCUT2D eigenvalue weighted by molar-refractivity contribution is 0.0313. The van der Waals surface area contributed by atoms with Crippen LogP contribution in [-0.4, -0.2) is 77.6 Å². The topological polar surface area (TPSA) is 108 Å². The number of benzene rings is 2. The summed E-state index contributed by atoms with van der Waals surface area (Å²) in [6.45, 7) is 2.07. The van der Waals surface area contributed by atoms with Crippen molar-refractivity contribution in [1.29, 1.82) is 5.26 Å². The van der Waals surface area contributed by atoms with Crippen molar-refractivity contribution < 1.29 is 18.3 Å². The van der Waals surface area contributed by atoms with Crippen molar-refractivity contribution in [2.45, 2.75) is 37.4 Å². The number of halogens is 3. The van der Waals surface area contributed by atoms with Gasteiger partial charge in [-0.05, 0) is 68.9 Å². The molecule has 2 aliphatic heterocycles. The van der Waals surface area contributed by atoms with E-state index < -0.39 is 24.6 Å². The van der Waals surface area contributed by atoms with Gasteiger partial charge in [-0.15, -0.1) is 12.4 Å². The molecule has 1 aromatic heterocycles. The summed E-state index contributed by atoms with van der Waals surface area (Å²) in [4.78, 5) is 14.8. The van der Waals surface area contributed by atoms with Gasteiger partial charge < -0.3 is 25.0 Å². The van der Waals surface area contributed by atoms with Crippen molar-refractivity contribution in [3.8, 4) is 29.0 Å². The number of hydrogen-bond acceptors (Lipinski definition) is 9. The summed E-state index contributed by atoms with van der Waals surface area (Å²) in [5.74, 6) is 1.61. The Hall–Kier alpha value is -3.59. The Labute approximate surface area is 232 Å². The van der Waals surface area contributed by atoms with E-state index in [1.54, 1.807) is 42.5 Å². The van der Waals surface area contributed by atoms with Crippen LogP contribution in [0, 0.1) is 11.3 Å². The van der Waals surface area contributed by atoms with Crippen LogP contribution in [0.3, 0.4) is 0 Å². The highest BCUT2D eigenvalue weighted by Crippen LogP contribution is 2.28. The molecule has 9 nitrogen and oxygen atoms in total. The van der Waals surface area contributed by atoms with E-state index in [1.165, 1.54) is 6.33 Å². The highest BCUT2D eigenvalue weighted by Gasteiger charge is 2.29. The predicted molar refractivity (Wildman–Crippen MR) is 145 cm³/mol. The first kappa shape index (κ1) is 28.4. The smallest absolute Gasteiger partial charge is 0.230 e. The van der Waals surface area contributed by atoms with Crippen molar-refractivity contribution in [3.05, 3.63) is 54.4 Å². The lowest BCUT2D eigenvalue weighted by Gasteiger charge is -2.32. The predicted octanol–water partition coefficient (Wildman–Crippen LogP) is 4.08. The molecule has 0 spiro atoms. The second-order valence-electron chi connectivity index (χ2n) is 9.49. The maximum absolute atomic E-state index is 14.3. The molecule has 206 valence electrons. The molecule has 3 aromatic rings. The van der Waals surface area contributed by atoms with Gasteiger partial charge in [-0.25, -0.2) is 18.7 Å². The number of nitrogens with one attached hydrogen (secondary N) is 2. The summed E-state index contributed by atoms with van der Waals surface area (Å²) in [7, 11) is 1.90. The van der Waals surface area contributed by atoms with Gasteiger partial charge in [0.15, 0.2) is 5.82 Å². The molecule has 5 rings (SSSR count). The molecule has 0 bridgehead atoms. The normalized spacial score (nSPS) is 23.2. The molecule has 0 aliphatic carbocycles. The Kier molecular flexibility index (Phi) is 9.45. The van der Waals surface area contributed by atoms with E-state index in [9.17, 15) is 14.0 Å². The van der Waals surface area contributed by atoms with E-state index in [2.05, 4.69) is 31.7 Å². The maximum Gasteiger partial charge on any atom is 0.230 e. The lowest BCUT2D eigenvalue weighted by Crippen LogP contribution is -2.45. The number of nitriles is 1. The fourth-order valence-electron chi connectivity index (χ4n) is 4.54. The van der Waals surface area contributed by atoms with Gasteiger partial charge in [0.1, 0.15) is 48.4 Å². The zero-order valence-electron chi connectivity index (χ0n) is 21.4. The largest absolute Gasteiger partial charge is 0.487 e. The van der Waals surface area contributed by atoms with E-state index in [0.717, 1.165) is 12.2 Å². The highest BCUT2D eigenvalue weighted by atomic mass is 35.5. The third-order valence-electron chi connectivity index (χ3n) is 6.64. The van der Waals surface area contributed by atoms with E-state index in [-0.39, 0.29) is 24.5 Å². The first-order valence-corrected chi connectivity index (χ1v) is 12.6. The quantitative estimate of drug-likeness (QED) is 0.444. The third-order valence-corrected chi connectivity index (χ3v) is 6.64. The van der Waals surface area contributed by atoms with Crippen LogP contribution < -0.4 is 20.1 Å².